The zero-order valence-corrected chi connectivity index (χ0v) is 15.4. The lowest BCUT2D eigenvalue weighted by atomic mass is 9.89. The van der Waals surface area contributed by atoms with Crippen molar-refractivity contribution in [3.8, 4) is 0 Å². The maximum absolute atomic E-state index is 12.2. The van der Waals surface area contributed by atoms with Crippen LogP contribution in [0.15, 0.2) is 42.5 Å². The van der Waals surface area contributed by atoms with Crippen molar-refractivity contribution in [2.24, 2.45) is 5.92 Å². The van der Waals surface area contributed by atoms with Crippen LogP contribution in [0.1, 0.15) is 37.7 Å². The molecule has 0 aliphatic carbocycles. The lowest BCUT2D eigenvalue weighted by Crippen LogP contribution is -2.39. The van der Waals surface area contributed by atoms with Gasteiger partial charge in [-0.15, -0.1) is 12.4 Å². The highest BCUT2D eigenvalue weighted by atomic mass is 35.5. The fraction of sp³-hybridized carbons (Fsp3) is 0.476. The van der Waals surface area contributed by atoms with Gasteiger partial charge in [0.2, 0.25) is 5.91 Å². The summed E-state index contributed by atoms with van der Waals surface area (Å²) in [5, 5.41) is 9.30. The van der Waals surface area contributed by atoms with Gasteiger partial charge in [0.05, 0.1) is 0 Å². The summed E-state index contributed by atoms with van der Waals surface area (Å²) in [6.45, 7) is 0.731. The molecule has 3 nitrogen and oxygen atoms in total. The van der Waals surface area contributed by atoms with Crippen LogP contribution in [0.3, 0.4) is 0 Å². The average Bonchev–Trinajstić information content (AvgIpc) is 2.93. The molecule has 134 valence electrons. The first kappa shape index (κ1) is 18.2. The molecule has 0 spiro atoms. The molecule has 1 amide bonds. The van der Waals surface area contributed by atoms with Gasteiger partial charge < -0.3 is 10.6 Å². The minimum Gasteiger partial charge on any atom is -0.356 e. The van der Waals surface area contributed by atoms with Gasteiger partial charge in [-0.25, -0.2) is 0 Å². The van der Waals surface area contributed by atoms with Crippen LogP contribution in [-0.2, 0) is 11.2 Å². The van der Waals surface area contributed by atoms with Crippen LogP contribution in [0, 0.1) is 5.92 Å². The van der Waals surface area contributed by atoms with Crippen LogP contribution in [-0.4, -0.2) is 24.5 Å². The van der Waals surface area contributed by atoms with Crippen molar-refractivity contribution in [1.29, 1.82) is 0 Å². The van der Waals surface area contributed by atoms with Crippen molar-refractivity contribution in [1.82, 2.24) is 10.6 Å². The van der Waals surface area contributed by atoms with Gasteiger partial charge in [0.15, 0.2) is 0 Å². The van der Waals surface area contributed by atoms with E-state index in [1.165, 1.54) is 42.0 Å². The Morgan fingerprint density at radius 2 is 1.76 bits per heavy atom. The van der Waals surface area contributed by atoms with Crippen LogP contribution in [0.2, 0.25) is 0 Å². The van der Waals surface area contributed by atoms with Crippen molar-refractivity contribution >= 4 is 29.1 Å². The highest BCUT2D eigenvalue weighted by molar-refractivity contribution is 5.85. The second-order valence-electron chi connectivity index (χ2n) is 7.46. The van der Waals surface area contributed by atoms with Crippen molar-refractivity contribution < 1.29 is 4.79 Å². The molecule has 2 heterocycles. The molecule has 0 radical (unpaired) electrons. The molecule has 4 heteroatoms. The maximum Gasteiger partial charge on any atom is 0.220 e. The number of piperidine rings is 1. The largest absolute Gasteiger partial charge is 0.356 e. The summed E-state index contributed by atoms with van der Waals surface area (Å²) < 4.78 is 0. The Kier molecular flexibility index (Phi) is 5.98. The Bertz CT molecular complexity index is 721. The van der Waals surface area contributed by atoms with Gasteiger partial charge in [0.1, 0.15) is 0 Å². The molecule has 0 saturated carbocycles. The Hall–Kier alpha value is -1.58. The number of carbonyl (C=O) groups is 1. The minimum absolute atomic E-state index is 0. The van der Waals surface area contributed by atoms with E-state index in [1.54, 1.807) is 0 Å². The topological polar surface area (TPSA) is 41.1 Å². The van der Waals surface area contributed by atoms with E-state index in [-0.39, 0.29) is 18.3 Å². The van der Waals surface area contributed by atoms with Crippen molar-refractivity contribution in [2.45, 2.75) is 50.6 Å². The van der Waals surface area contributed by atoms with Gasteiger partial charge in [0.25, 0.3) is 0 Å². The Balaban J connectivity index is 0.00000182. The highest BCUT2D eigenvalue weighted by Gasteiger charge is 2.33. The summed E-state index contributed by atoms with van der Waals surface area (Å²) in [5.74, 6) is 0.798. The van der Waals surface area contributed by atoms with E-state index in [1.807, 2.05) is 0 Å². The zero-order chi connectivity index (χ0) is 16.4. The van der Waals surface area contributed by atoms with E-state index < -0.39 is 0 Å². The molecule has 2 bridgehead atoms. The van der Waals surface area contributed by atoms with Gasteiger partial charge in [-0.1, -0.05) is 42.5 Å². The first-order valence-corrected chi connectivity index (χ1v) is 9.27. The van der Waals surface area contributed by atoms with Crippen molar-refractivity contribution in [2.75, 3.05) is 6.54 Å². The lowest BCUT2D eigenvalue weighted by molar-refractivity contribution is -0.122. The predicted octanol–water partition coefficient (Wildman–Crippen LogP) is 3.84. The first-order chi connectivity index (χ1) is 11.8. The molecular formula is C21H27ClN2O. The smallest absolute Gasteiger partial charge is 0.220 e. The van der Waals surface area contributed by atoms with Gasteiger partial charge in [0, 0.05) is 25.0 Å². The summed E-state index contributed by atoms with van der Waals surface area (Å²) in [6, 6.07) is 16.3. The van der Waals surface area contributed by atoms with E-state index in [2.05, 4.69) is 53.1 Å². The molecule has 0 aromatic heterocycles. The molecular weight excluding hydrogens is 332 g/mol. The van der Waals surface area contributed by atoms with Crippen LogP contribution < -0.4 is 10.6 Å². The molecule has 2 aliphatic rings. The minimum atomic E-state index is 0. The number of halogens is 1. The van der Waals surface area contributed by atoms with Crippen molar-refractivity contribution in [3.63, 3.8) is 0 Å². The monoisotopic (exact) mass is 358 g/mol. The van der Waals surface area contributed by atoms with Crippen molar-refractivity contribution in [3.05, 3.63) is 48.0 Å². The SMILES string of the molecule is Cl.O=C(CC1CC2CCC(C1)N2)NCCc1ccc2ccccc2c1. The summed E-state index contributed by atoms with van der Waals surface area (Å²) >= 11 is 0. The number of hydrogen-bond donors (Lipinski definition) is 2. The predicted molar refractivity (Wildman–Crippen MR) is 105 cm³/mol. The van der Waals surface area contributed by atoms with Gasteiger partial charge >= 0.3 is 0 Å². The summed E-state index contributed by atoms with van der Waals surface area (Å²) in [4.78, 5) is 12.2. The third kappa shape index (κ3) is 4.53. The van der Waals surface area contributed by atoms with Crippen LogP contribution in [0.4, 0.5) is 0 Å². The molecule has 2 aliphatic heterocycles. The van der Waals surface area contributed by atoms with E-state index >= 15 is 0 Å². The van der Waals surface area contributed by atoms with Crippen LogP contribution in [0.5, 0.6) is 0 Å². The maximum atomic E-state index is 12.2. The van der Waals surface area contributed by atoms with E-state index in [0.29, 0.717) is 24.4 Å². The van der Waals surface area contributed by atoms with Crippen LogP contribution >= 0.6 is 12.4 Å². The van der Waals surface area contributed by atoms with Gasteiger partial charge in [-0.3, -0.25) is 4.79 Å². The molecule has 2 aromatic rings. The third-order valence-electron chi connectivity index (χ3n) is 5.59. The molecule has 2 fully saturated rings. The Morgan fingerprint density at radius 3 is 2.52 bits per heavy atom. The van der Waals surface area contributed by atoms with Crippen LogP contribution in [0.25, 0.3) is 10.8 Å². The number of amides is 1. The number of benzene rings is 2. The lowest BCUT2D eigenvalue weighted by Gasteiger charge is -2.28. The first-order valence-electron chi connectivity index (χ1n) is 9.27. The molecule has 2 aromatic carbocycles. The normalized spacial score (nSPS) is 24.7. The molecule has 2 N–H and O–H groups in total. The molecule has 2 atom stereocenters. The number of nitrogens with one attached hydrogen (secondary N) is 2. The summed E-state index contributed by atoms with van der Waals surface area (Å²) in [6.07, 6.45) is 6.54. The second kappa shape index (κ2) is 8.20. The Labute approximate surface area is 156 Å². The third-order valence-corrected chi connectivity index (χ3v) is 5.59. The van der Waals surface area contributed by atoms with Gasteiger partial charge in [-0.05, 0) is 54.4 Å². The standard InChI is InChI=1S/C21H26N2O.ClH/c24-21(14-16-12-19-7-8-20(13-16)23-19)22-10-9-15-5-6-17-3-1-2-4-18(17)11-15;/h1-6,11,16,19-20,23H,7-10,12-14H2,(H,22,24);1H. The summed E-state index contributed by atoms with van der Waals surface area (Å²) in [5.41, 5.74) is 1.29. The molecule has 2 unspecified atom stereocenters. The van der Waals surface area contributed by atoms with Gasteiger partial charge in [-0.2, -0.15) is 0 Å². The van der Waals surface area contributed by atoms with E-state index in [4.69, 9.17) is 0 Å². The number of rotatable bonds is 5. The quantitative estimate of drug-likeness (QED) is 0.852. The number of carbonyl (C=O) groups excluding carboxylic acids is 1. The summed E-state index contributed by atoms with van der Waals surface area (Å²) in [7, 11) is 0. The number of hydrogen-bond acceptors (Lipinski definition) is 2. The molecule has 2 saturated heterocycles. The number of fused-ring (bicyclic) bond motifs is 3. The zero-order valence-electron chi connectivity index (χ0n) is 14.5. The molecule has 25 heavy (non-hydrogen) atoms. The fourth-order valence-corrected chi connectivity index (χ4v) is 4.42. The second-order valence-corrected chi connectivity index (χ2v) is 7.46. The van der Waals surface area contributed by atoms with E-state index in [0.717, 1.165) is 13.0 Å². The fourth-order valence-electron chi connectivity index (χ4n) is 4.42. The molecule has 4 rings (SSSR count). The van der Waals surface area contributed by atoms with E-state index in [9.17, 15) is 4.79 Å². The Morgan fingerprint density at radius 1 is 1.04 bits per heavy atom. The average molecular weight is 359 g/mol. The highest BCUT2D eigenvalue weighted by Crippen LogP contribution is 2.32.